The van der Waals surface area contributed by atoms with Crippen LogP contribution in [0.25, 0.3) is 0 Å². The van der Waals surface area contributed by atoms with E-state index in [2.05, 4.69) is 6.58 Å². The van der Waals surface area contributed by atoms with Crippen LogP contribution in [-0.4, -0.2) is 37.0 Å². The number of rotatable bonds is 7. The molecule has 5 nitrogen and oxygen atoms in total. The van der Waals surface area contributed by atoms with E-state index in [4.69, 9.17) is 4.74 Å². The number of hydrogen-bond acceptors (Lipinski definition) is 4. The highest BCUT2D eigenvalue weighted by Crippen LogP contribution is 2.38. The number of carbonyl (C=O) groups excluding carboxylic acids is 2. The van der Waals surface area contributed by atoms with Crippen molar-refractivity contribution in [2.45, 2.75) is 40.0 Å². The van der Waals surface area contributed by atoms with Gasteiger partial charge in [-0.25, -0.2) is 0 Å². The molecule has 142 valence electrons. The average Bonchev–Trinajstić information content (AvgIpc) is 2.61. The summed E-state index contributed by atoms with van der Waals surface area (Å²) in [5.41, 5.74) is 4.58. The zero-order valence-electron chi connectivity index (χ0n) is 16.1. The molecule has 0 aromatic heterocycles. The maximum Gasteiger partial charge on any atom is 0.225 e. The van der Waals surface area contributed by atoms with Crippen molar-refractivity contribution in [2.24, 2.45) is 11.8 Å². The highest BCUT2D eigenvalue weighted by Gasteiger charge is 2.31. The first kappa shape index (κ1) is 20.0. The van der Waals surface area contributed by atoms with Crippen LogP contribution >= 0.6 is 0 Å². The Labute approximate surface area is 155 Å². The summed E-state index contributed by atoms with van der Waals surface area (Å²) in [6.45, 7) is 9.77. The average molecular weight is 358 g/mol. The molecule has 0 radical (unpaired) electrons. The van der Waals surface area contributed by atoms with Gasteiger partial charge in [0.2, 0.25) is 5.91 Å². The van der Waals surface area contributed by atoms with Gasteiger partial charge >= 0.3 is 0 Å². The van der Waals surface area contributed by atoms with Crippen molar-refractivity contribution in [3.63, 3.8) is 0 Å². The van der Waals surface area contributed by atoms with Gasteiger partial charge in [-0.2, -0.15) is 0 Å². The molecule has 0 heterocycles. The Kier molecular flexibility index (Phi) is 6.46. The summed E-state index contributed by atoms with van der Waals surface area (Å²) >= 11 is 0. The van der Waals surface area contributed by atoms with Crippen molar-refractivity contribution in [1.29, 1.82) is 0 Å². The SMILES string of the molecule is C=CCN(C)C(=O)[C@@H](C)[C@@H]1CCc2c(C)cc(OCC(=O)[O-])c(C)c2C1. The third kappa shape index (κ3) is 4.26. The number of ether oxygens (including phenoxy) is 1. The van der Waals surface area contributed by atoms with Crippen molar-refractivity contribution in [3.05, 3.63) is 41.0 Å². The maximum absolute atomic E-state index is 12.6. The number of carboxylic acids is 1. The summed E-state index contributed by atoms with van der Waals surface area (Å²) in [6.07, 6.45) is 4.44. The van der Waals surface area contributed by atoms with E-state index in [1.165, 1.54) is 11.1 Å². The van der Waals surface area contributed by atoms with Gasteiger partial charge in [0.15, 0.2) is 0 Å². The van der Waals surface area contributed by atoms with Crippen LogP contribution < -0.4 is 9.84 Å². The summed E-state index contributed by atoms with van der Waals surface area (Å²) < 4.78 is 5.41. The number of hydrogen-bond donors (Lipinski definition) is 0. The molecule has 0 unspecified atom stereocenters. The van der Waals surface area contributed by atoms with Crippen molar-refractivity contribution in [2.75, 3.05) is 20.2 Å². The molecule has 0 saturated heterocycles. The van der Waals surface area contributed by atoms with Gasteiger partial charge in [-0.1, -0.05) is 13.0 Å². The number of amides is 1. The smallest absolute Gasteiger partial charge is 0.225 e. The zero-order valence-corrected chi connectivity index (χ0v) is 16.1. The Balaban J connectivity index is 2.24. The summed E-state index contributed by atoms with van der Waals surface area (Å²) in [4.78, 5) is 25.0. The first-order valence-corrected chi connectivity index (χ1v) is 9.06. The lowest BCUT2D eigenvalue weighted by atomic mass is 9.74. The fraction of sp³-hybridized carbons (Fsp3) is 0.524. The van der Waals surface area contributed by atoms with E-state index in [1.807, 2.05) is 26.8 Å². The number of aryl methyl sites for hydroxylation is 1. The molecule has 26 heavy (non-hydrogen) atoms. The Morgan fingerprint density at radius 1 is 1.42 bits per heavy atom. The van der Waals surface area contributed by atoms with Gasteiger partial charge in [-0.3, -0.25) is 4.79 Å². The summed E-state index contributed by atoms with van der Waals surface area (Å²) in [6, 6.07) is 1.91. The summed E-state index contributed by atoms with van der Waals surface area (Å²) in [5.74, 6) is -0.314. The molecule has 0 N–H and O–H groups in total. The minimum absolute atomic E-state index is 0.0689. The number of fused-ring (bicyclic) bond motifs is 1. The number of carboxylic acid groups (broad SMARTS) is 1. The second-order valence-corrected chi connectivity index (χ2v) is 7.23. The second-order valence-electron chi connectivity index (χ2n) is 7.23. The van der Waals surface area contributed by atoms with Crippen molar-refractivity contribution >= 4 is 11.9 Å². The quantitative estimate of drug-likeness (QED) is 0.697. The Morgan fingerprint density at radius 2 is 2.12 bits per heavy atom. The van der Waals surface area contributed by atoms with E-state index >= 15 is 0 Å². The first-order chi connectivity index (χ1) is 12.3. The van der Waals surface area contributed by atoms with Gasteiger partial charge in [0.1, 0.15) is 12.4 Å². The number of nitrogens with zero attached hydrogens (tertiary/aromatic N) is 1. The molecule has 1 amide bonds. The van der Waals surface area contributed by atoms with E-state index < -0.39 is 12.6 Å². The van der Waals surface area contributed by atoms with Crippen molar-refractivity contribution < 1.29 is 19.4 Å². The molecule has 5 heteroatoms. The minimum Gasteiger partial charge on any atom is -0.546 e. The van der Waals surface area contributed by atoms with Gasteiger partial charge in [-0.15, -0.1) is 6.58 Å². The predicted molar refractivity (Wildman–Crippen MR) is 98.9 cm³/mol. The molecule has 0 aliphatic heterocycles. The van der Waals surface area contributed by atoms with E-state index in [9.17, 15) is 14.7 Å². The van der Waals surface area contributed by atoms with Gasteiger partial charge in [0.05, 0.1) is 5.97 Å². The van der Waals surface area contributed by atoms with Crippen LogP contribution in [0, 0.1) is 25.7 Å². The molecule has 0 spiro atoms. The summed E-state index contributed by atoms with van der Waals surface area (Å²) in [7, 11) is 1.80. The number of benzene rings is 1. The first-order valence-electron chi connectivity index (χ1n) is 9.06. The highest BCUT2D eigenvalue weighted by molar-refractivity contribution is 5.78. The van der Waals surface area contributed by atoms with E-state index in [0.717, 1.165) is 30.4 Å². The summed E-state index contributed by atoms with van der Waals surface area (Å²) in [5, 5.41) is 10.7. The number of likely N-dealkylation sites (N-methyl/N-ethyl adjacent to an activating group) is 1. The van der Waals surface area contributed by atoms with Crippen molar-refractivity contribution in [3.8, 4) is 5.75 Å². The monoisotopic (exact) mass is 358 g/mol. The molecular formula is C21H28NO4-. The fourth-order valence-electron chi connectivity index (χ4n) is 3.87. The lowest BCUT2D eigenvalue weighted by molar-refractivity contribution is -0.307. The van der Waals surface area contributed by atoms with Crippen LogP contribution in [-0.2, 0) is 22.4 Å². The van der Waals surface area contributed by atoms with E-state index in [-0.39, 0.29) is 17.7 Å². The molecule has 1 aromatic rings. The van der Waals surface area contributed by atoms with Gasteiger partial charge in [0.25, 0.3) is 0 Å². The maximum atomic E-state index is 12.6. The highest BCUT2D eigenvalue weighted by atomic mass is 16.5. The van der Waals surface area contributed by atoms with Crippen molar-refractivity contribution in [1.82, 2.24) is 4.90 Å². The van der Waals surface area contributed by atoms with Crippen LogP contribution in [0.4, 0.5) is 0 Å². The van der Waals surface area contributed by atoms with Gasteiger partial charge in [0, 0.05) is 19.5 Å². The molecule has 0 bridgehead atoms. The molecule has 1 aromatic carbocycles. The molecular weight excluding hydrogens is 330 g/mol. The van der Waals surface area contributed by atoms with Gasteiger partial charge in [-0.05, 0) is 67.3 Å². The standard InChI is InChI=1S/C21H29NO4/c1-6-9-22(5)21(25)14(3)16-7-8-17-13(2)10-19(26-12-20(23)24)15(4)18(17)11-16/h6,10,14,16H,1,7-9,11-12H2,2-5H3,(H,23,24)/p-1/t14-,16+/m0/s1. The van der Waals surface area contributed by atoms with Crippen LogP contribution in [0.3, 0.4) is 0 Å². The zero-order chi connectivity index (χ0) is 19.4. The predicted octanol–water partition coefficient (Wildman–Crippen LogP) is 1.82. The molecule has 2 atom stereocenters. The topological polar surface area (TPSA) is 69.7 Å². The van der Waals surface area contributed by atoms with Crippen LogP contribution in [0.15, 0.2) is 18.7 Å². The van der Waals surface area contributed by atoms with E-state index in [1.54, 1.807) is 18.0 Å². The van der Waals surface area contributed by atoms with Crippen LogP contribution in [0.2, 0.25) is 0 Å². The number of carbonyl (C=O) groups is 2. The second kappa shape index (κ2) is 8.39. The molecule has 0 saturated carbocycles. The Morgan fingerprint density at radius 3 is 2.73 bits per heavy atom. The third-order valence-electron chi connectivity index (χ3n) is 5.46. The largest absolute Gasteiger partial charge is 0.546 e. The minimum atomic E-state index is -1.23. The lowest BCUT2D eigenvalue weighted by Gasteiger charge is -2.33. The van der Waals surface area contributed by atoms with Crippen LogP contribution in [0.1, 0.15) is 35.6 Å². The van der Waals surface area contributed by atoms with Crippen LogP contribution in [0.5, 0.6) is 5.75 Å². The molecule has 2 rings (SSSR count). The van der Waals surface area contributed by atoms with Gasteiger partial charge < -0.3 is 19.5 Å². The third-order valence-corrected chi connectivity index (χ3v) is 5.46. The molecule has 1 aliphatic rings. The lowest BCUT2D eigenvalue weighted by Crippen LogP contribution is -2.37. The molecule has 0 fully saturated rings. The molecule has 1 aliphatic carbocycles. The fourth-order valence-corrected chi connectivity index (χ4v) is 3.87. The Bertz CT molecular complexity index is 710. The normalized spacial score (nSPS) is 17.2. The van der Waals surface area contributed by atoms with E-state index in [0.29, 0.717) is 12.3 Å². The Hall–Kier alpha value is -2.30. The number of aliphatic carboxylic acids is 1.